The Morgan fingerprint density at radius 2 is 1.93 bits per heavy atom. The van der Waals surface area contributed by atoms with Gasteiger partial charge in [0.2, 0.25) is 0 Å². The van der Waals surface area contributed by atoms with Gasteiger partial charge in [-0.1, -0.05) is 23.2 Å². The van der Waals surface area contributed by atoms with Crippen molar-refractivity contribution < 1.29 is 28.6 Å². The normalized spacial score (nSPS) is 10.5. The number of benzene rings is 1. The number of hydrogen-bond donors (Lipinski definition) is 2. The minimum atomic E-state index is -0.721. The molecule has 2 rings (SSSR count). The molecule has 0 aliphatic heterocycles. The fourth-order valence-electron chi connectivity index (χ4n) is 2.27. The molecule has 0 saturated heterocycles. The summed E-state index contributed by atoms with van der Waals surface area (Å²) in [6.07, 6.45) is 0. The Labute approximate surface area is 180 Å². The molecule has 2 amide bonds. The van der Waals surface area contributed by atoms with Crippen molar-refractivity contribution in [3.05, 3.63) is 44.2 Å². The zero-order valence-electron chi connectivity index (χ0n) is 15.5. The van der Waals surface area contributed by atoms with E-state index in [0.717, 1.165) is 11.3 Å². The van der Waals surface area contributed by atoms with Crippen LogP contribution in [0.1, 0.15) is 25.6 Å². The first-order valence-corrected chi connectivity index (χ1v) is 9.78. The van der Waals surface area contributed by atoms with E-state index in [1.54, 1.807) is 13.0 Å². The smallest absolute Gasteiger partial charge is 0.341 e. The highest BCUT2D eigenvalue weighted by Gasteiger charge is 2.26. The van der Waals surface area contributed by atoms with E-state index >= 15 is 0 Å². The lowest BCUT2D eigenvalue weighted by Crippen LogP contribution is -2.21. The van der Waals surface area contributed by atoms with Gasteiger partial charge in [0, 0.05) is 18.2 Å². The quantitative estimate of drug-likeness (QED) is 0.437. The van der Waals surface area contributed by atoms with Crippen LogP contribution in [0.25, 0.3) is 0 Å². The van der Waals surface area contributed by atoms with Gasteiger partial charge in [0.25, 0.3) is 11.8 Å². The first-order chi connectivity index (χ1) is 13.7. The summed E-state index contributed by atoms with van der Waals surface area (Å²) in [4.78, 5) is 36.5. The van der Waals surface area contributed by atoms with Gasteiger partial charge in [0.05, 0.1) is 22.1 Å². The predicted molar refractivity (Wildman–Crippen MR) is 110 cm³/mol. The first kappa shape index (κ1) is 23.0. The maximum Gasteiger partial charge on any atom is 0.341 e. The minimum absolute atomic E-state index is 0.0142. The van der Waals surface area contributed by atoms with Crippen LogP contribution in [0, 0.1) is 6.92 Å². The summed E-state index contributed by atoms with van der Waals surface area (Å²) in [5, 5.41) is 3.35. The van der Waals surface area contributed by atoms with Crippen LogP contribution in [-0.4, -0.2) is 44.7 Å². The Morgan fingerprint density at radius 1 is 1.21 bits per heavy atom. The monoisotopic (exact) mass is 460 g/mol. The van der Waals surface area contributed by atoms with E-state index in [4.69, 9.17) is 43.1 Å². The summed E-state index contributed by atoms with van der Waals surface area (Å²) in [6.45, 7) is 1.36. The number of nitrogens with one attached hydrogen (secondary N) is 1. The molecule has 11 heteroatoms. The van der Waals surface area contributed by atoms with Crippen molar-refractivity contribution >= 4 is 57.3 Å². The van der Waals surface area contributed by atoms with Crippen LogP contribution in [0.3, 0.4) is 0 Å². The first-order valence-electron chi connectivity index (χ1n) is 8.21. The Bertz CT molecular complexity index is 931. The van der Waals surface area contributed by atoms with Crippen molar-refractivity contribution in [3.8, 4) is 5.75 Å². The maximum absolute atomic E-state index is 12.4. The van der Waals surface area contributed by atoms with Gasteiger partial charge >= 0.3 is 5.97 Å². The second-order valence-corrected chi connectivity index (χ2v) is 7.53. The molecule has 0 aliphatic carbocycles. The number of rotatable bonds is 9. The lowest BCUT2D eigenvalue weighted by atomic mass is 10.1. The van der Waals surface area contributed by atoms with Crippen LogP contribution < -0.4 is 15.8 Å². The Morgan fingerprint density at radius 3 is 2.59 bits per heavy atom. The highest BCUT2D eigenvalue weighted by Crippen LogP contribution is 2.33. The number of nitrogens with two attached hydrogens (primary N) is 1. The largest absolute Gasteiger partial charge is 0.482 e. The van der Waals surface area contributed by atoms with Gasteiger partial charge in [-0.3, -0.25) is 9.59 Å². The van der Waals surface area contributed by atoms with Crippen molar-refractivity contribution in [2.24, 2.45) is 5.73 Å². The topological polar surface area (TPSA) is 117 Å². The van der Waals surface area contributed by atoms with Crippen LogP contribution in [-0.2, 0) is 14.3 Å². The average Bonchev–Trinajstić information content (AvgIpc) is 2.98. The standard InChI is InChI=1S/C18H18Cl2N2O6S/c1-9-14(18(25)27-6-5-26-2)17(29-15(9)16(21)24)22-13(23)8-28-12-7-10(19)3-4-11(12)20/h3-4,7H,5-6,8H2,1-2H3,(H2,21,24)(H,22,23). The van der Waals surface area contributed by atoms with Gasteiger partial charge in [-0.05, 0) is 24.6 Å². The molecule has 0 unspecified atom stereocenters. The highest BCUT2D eigenvalue weighted by atomic mass is 35.5. The van der Waals surface area contributed by atoms with Crippen LogP contribution in [0.15, 0.2) is 18.2 Å². The van der Waals surface area contributed by atoms with E-state index in [1.165, 1.54) is 19.2 Å². The number of halogens is 2. The number of esters is 1. The molecule has 0 aliphatic rings. The molecule has 1 heterocycles. The van der Waals surface area contributed by atoms with Gasteiger partial charge in [-0.15, -0.1) is 11.3 Å². The van der Waals surface area contributed by atoms with E-state index in [2.05, 4.69) is 5.32 Å². The fraction of sp³-hybridized carbons (Fsp3) is 0.278. The summed E-state index contributed by atoms with van der Waals surface area (Å²) < 4.78 is 15.3. The summed E-state index contributed by atoms with van der Waals surface area (Å²) in [5.74, 6) is -1.78. The Balaban J connectivity index is 2.16. The molecule has 1 aromatic carbocycles. The van der Waals surface area contributed by atoms with Crippen molar-refractivity contribution in [3.63, 3.8) is 0 Å². The van der Waals surface area contributed by atoms with Crippen LogP contribution in [0.2, 0.25) is 10.0 Å². The Kier molecular flexibility index (Phi) is 8.27. The van der Waals surface area contributed by atoms with Crippen LogP contribution in [0.4, 0.5) is 5.00 Å². The summed E-state index contributed by atoms with van der Waals surface area (Å²) in [5.41, 5.74) is 5.72. The molecule has 0 atom stereocenters. The molecule has 3 N–H and O–H groups in total. The SMILES string of the molecule is COCCOC(=O)c1c(NC(=O)COc2cc(Cl)ccc2Cl)sc(C(N)=O)c1C. The third kappa shape index (κ3) is 6.07. The number of primary amides is 1. The summed E-state index contributed by atoms with van der Waals surface area (Å²) in [7, 11) is 1.46. The van der Waals surface area contributed by atoms with Crippen molar-refractivity contribution in [2.75, 3.05) is 32.2 Å². The Hall–Kier alpha value is -2.33. The van der Waals surface area contributed by atoms with Crippen molar-refractivity contribution in [2.45, 2.75) is 6.92 Å². The van der Waals surface area contributed by atoms with Gasteiger partial charge in [0.1, 0.15) is 17.4 Å². The summed E-state index contributed by atoms with van der Waals surface area (Å²) in [6, 6.07) is 4.58. The number of ether oxygens (including phenoxy) is 3. The molecule has 156 valence electrons. The molecule has 29 heavy (non-hydrogen) atoms. The third-order valence-corrected chi connectivity index (χ3v) is 5.37. The minimum Gasteiger partial charge on any atom is -0.482 e. The van der Waals surface area contributed by atoms with Gasteiger partial charge in [0.15, 0.2) is 6.61 Å². The number of methoxy groups -OCH3 is 1. The second kappa shape index (κ2) is 10.4. The van der Waals surface area contributed by atoms with Crippen molar-refractivity contribution in [1.29, 1.82) is 0 Å². The van der Waals surface area contributed by atoms with E-state index in [9.17, 15) is 14.4 Å². The molecule has 0 saturated carbocycles. The zero-order valence-corrected chi connectivity index (χ0v) is 17.9. The molecular weight excluding hydrogens is 443 g/mol. The predicted octanol–water partition coefficient (Wildman–Crippen LogP) is 3.28. The zero-order chi connectivity index (χ0) is 21.6. The number of amides is 2. The number of anilines is 1. The molecule has 2 aromatic rings. The van der Waals surface area contributed by atoms with E-state index in [1.807, 2.05) is 0 Å². The molecule has 0 spiro atoms. The molecule has 8 nitrogen and oxygen atoms in total. The molecule has 1 aromatic heterocycles. The van der Waals surface area contributed by atoms with E-state index in [0.29, 0.717) is 10.6 Å². The number of carbonyl (C=O) groups is 3. The lowest BCUT2D eigenvalue weighted by molar-refractivity contribution is -0.118. The van der Waals surface area contributed by atoms with Gasteiger partial charge in [-0.2, -0.15) is 0 Å². The second-order valence-electron chi connectivity index (χ2n) is 5.66. The molecule has 0 fully saturated rings. The highest BCUT2D eigenvalue weighted by molar-refractivity contribution is 7.18. The lowest BCUT2D eigenvalue weighted by Gasteiger charge is -2.10. The van der Waals surface area contributed by atoms with E-state index < -0.39 is 24.4 Å². The maximum atomic E-state index is 12.4. The molecular formula is C18H18Cl2N2O6S. The third-order valence-electron chi connectivity index (χ3n) is 3.60. The number of carbonyl (C=O) groups excluding carboxylic acids is 3. The van der Waals surface area contributed by atoms with Crippen LogP contribution in [0.5, 0.6) is 5.75 Å². The average molecular weight is 461 g/mol. The van der Waals surface area contributed by atoms with E-state index in [-0.39, 0.29) is 39.4 Å². The fourth-order valence-corrected chi connectivity index (χ4v) is 3.66. The van der Waals surface area contributed by atoms with Crippen LogP contribution >= 0.6 is 34.5 Å². The summed E-state index contributed by atoms with van der Waals surface area (Å²) >= 11 is 12.7. The van der Waals surface area contributed by atoms with Gasteiger partial charge < -0.3 is 25.3 Å². The number of hydrogen-bond acceptors (Lipinski definition) is 7. The van der Waals surface area contributed by atoms with Gasteiger partial charge in [-0.25, -0.2) is 4.79 Å². The molecule has 0 radical (unpaired) electrons. The molecule has 0 bridgehead atoms. The number of thiophene rings is 1. The van der Waals surface area contributed by atoms with Crippen molar-refractivity contribution in [1.82, 2.24) is 0 Å².